The Labute approximate surface area is 397 Å². The summed E-state index contributed by atoms with van der Waals surface area (Å²) in [6.07, 6.45) is 62.7. The third-order valence-corrected chi connectivity index (χ3v) is 12.4. The van der Waals surface area contributed by atoms with Crippen LogP contribution in [0.15, 0.2) is 36.5 Å². The molecule has 0 saturated carbocycles. The Balaban J connectivity index is 4.39. The molecule has 0 aliphatic rings. The van der Waals surface area contributed by atoms with Crippen molar-refractivity contribution < 1.29 is 28.6 Å². The van der Waals surface area contributed by atoms with Gasteiger partial charge in [-0.25, -0.2) is 0 Å². The van der Waals surface area contributed by atoms with Crippen LogP contribution in [-0.4, -0.2) is 37.2 Å². The standard InChI is InChI=1S/C58H106O6/c1-4-7-10-13-16-19-22-25-27-29-31-33-36-39-42-45-48-51-57(60)63-54-55(53-62-56(59)50-47-44-41-38-35-32-24-21-18-15-12-9-6-3)64-58(61)52-49-46-43-40-37-34-30-28-26-23-20-17-14-11-8-5-2/h25,27-28,30,34,37,55H,4-24,26,29,31-33,35-36,38-54H2,1-3H3/b27-25-,30-28-,37-34-. The number of ether oxygens (including phenoxy) is 3. The van der Waals surface area contributed by atoms with Gasteiger partial charge >= 0.3 is 17.9 Å². The molecule has 0 spiro atoms. The average Bonchev–Trinajstić information content (AvgIpc) is 3.29. The molecule has 0 aromatic rings. The highest BCUT2D eigenvalue weighted by molar-refractivity contribution is 5.71. The zero-order chi connectivity index (χ0) is 46.5. The maximum absolute atomic E-state index is 12.8. The molecule has 1 atom stereocenters. The van der Waals surface area contributed by atoms with Gasteiger partial charge in [-0.1, -0.05) is 243 Å². The van der Waals surface area contributed by atoms with Gasteiger partial charge < -0.3 is 14.2 Å². The second kappa shape index (κ2) is 53.2. The predicted octanol–water partition coefficient (Wildman–Crippen LogP) is 18.5. The van der Waals surface area contributed by atoms with E-state index in [0.717, 1.165) is 70.6 Å². The van der Waals surface area contributed by atoms with Crippen molar-refractivity contribution in [2.24, 2.45) is 0 Å². The molecule has 6 nitrogen and oxygen atoms in total. The third kappa shape index (κ3) is 50.6. The Morgan fingerprint density at radius 1 is 0.312 bits per heavy atom. The van der Waals surface area contributed by atoms with Crippen LogP contribution in [0.3, 0.4) is 0 Å². The molecule has 0 aliphatic carbocycles. The van der Waals surface area contributed by atoms with Crippen molar-refractivity contribution in [1.29, 1.82) is 0 Å². The monoisotopic (exact) mass is 899 g/mol. The summed E-state index contributed by atoms with van der Waals surface area (Å²) in [5, 5.41) is 0. The number of hydrogen-bond donors (Lipinski definition) is 0. The summed E-state index contributed by atoms with van der Waals surface area (Å²) in [5.74, 6) is -0.898. The van der Waals surface area contributed by atoms with Crippen LogP contribution >= 0.6 is 0 Å². The molecule has 0 aromatic heterocycles. The van der Waals surface area contributed by atoms with Gasteiger partial charge in [-0.05, 0) is 70.6 Å². The Bertz CT molecular complexity index is 1080. The molecule has 0 aliphatic heterocycles. The van der Waals surface area contributed by atoms with Crippen molar-refractivity contribution in [2.45, 2.75) is 303 Å². The zero-order valence-electron chi connectivity index (χ0n) is 42.8. The predicted molar refractivity (Wildman–Crippen MR) is 275 cm³/mol. The molecule has 374 valence electrons. The van der Waals surface area contributed by atoms with E-state index >= 15 is 0 Å². The number of hydrogen-bond acceptors (Lipinski definition) is 6. The molecule has 0 bridgehead atoms. The average molecular weight is 899 g/mol. The summed E-state index contributed by atoms with van der Waals surface area (Å²) in [6.45, 7) is 6.63. The van der Waals surface area contributed by atoms with E-state index in [0.29, 0.717) is 19.3 Å². The second-order valence-electron chi connectivity index (χ2n) is 18.9. The van der Waals surface area contributed by atoms with Crippen molar-refractivity contribution in [3.8, 4) is 0 Å². The Morgan fingerprint density at radius 2 is 0.562 bits per heavy atom. The lowest BCUT2D eigenvalue weighted by Gasteiger charge is -2.18. The Kier molecular flexibility index (Phi) is 51.3. The number of rotatable bonds is 51. The summed E-state index contributed by atoms with van der Waals surface area (Å²) >= 11 is 0. The van der Waals surface area contributed by atoms with E-state index in [-0.39, 0.29) is 31.1 Å². The van der Waals surface area contributed by atoms with Crippen LogP contribution in [0.5, 0.6) is 0 Å². The molecular weight excluding hydrogens is 793 g/mol. The van der Waals surface area contributed by atoms with E-state index in [2.05, 4.69) is 57.2 Å². The van der Waals surface area contributed by atoms with Gasteiger partial charge in [-0.15, -0.1) is 0 Å². The first kappa shape index (κ1) is 61.6. The van der Waals surface area contributed by atoms with Gasteiger partial charge in [0, 0.05) is 19.3 Å². The number of unbranched alkanes of at least 4 members (excludes halogenated alkanes) is 35. The van der Waals surface area contributed by atoms with E-state index in [1.54, 1.807) is 0 Å². The lowest BCUT2D eigenvalue weighted by atomic mass is 10.0. The van der Waals surface area contributed by atoms with E-state index in [1.165, 1.54) is 186 Å². The highest BCUT2D eigenvalue weighted by Crippen LogP contribution is 2.16. The van der Waals surface area contributed by atoms with Gasteiger partial charge in [0.15, 0.2) is 6.10 Å². The van der Waals surface area contributed by atoms with Crippen molar-refractivity contribution >= 4 is 17.9 Å². The van der Waals surface area contributed by atoms with Gasteiger partial charge in [0.2, 0.25) is 0 Å². The fraction of sp³-hybridized carbons (Fsp3) is 0.845. The van der Waals surface area contributed by atoms with Crippen molar-refractivity contribution in [3.05, 3.63) is 36.5 Å². The van der Waals surface area contributed by atoms with E-state index in [4.69, 9.17) is 14.2 Å². The maximum Gasteiger partial charge on any atom is 0.306 e. The van der Waals surface area contributed by atoms with Gasteiger partial charge in [-0.3, -0.25) is 14.4 Å². The van der Waals surface area contributed by atoms with Crippen LogP contribution in [0.1, 0.15) is 297 Å². The molecule has 1 unspecified atom stereocenters. The largest absolute Gasteiger partial charge is 0.462 e. The van der Waals surface area contributed by atoms with E-state index in [1.807, 2.05) is 0 Å². The van der Waals surface area contributed by atoms with E-state index in [9.17, 15) is 14.4 Å². The van der Waals surface area contributed by atoms with Gasteiger partial charge in [0.25, 0.3) is 0 Å². The van der Waals surface area contributed by atoms with Crippen molar-refractivity contribution in [2.75, 3.05) is 13.2 Å². The molecule has 0 saturated heterocycles. The van der Waals surface area contributed by atoms with Crippen LogP contribution in [0.2, 0.25) is 0 Å². The molecule has 0 N–H and O–H groups in total. The summed E-state index contributed by atoms with van der Waals surface area (Å²) in [6, 6.07) is 0. The van der Waals surface area contributed by atoms with Crippen molar-refractivity contribution in [1.82, 2.24) is 0 Å². The smallest absolute Gasteiger partial charge is 0.306 e. The van der Waals surface area contributed by atoms with Crippen molar-refractivity contribution in [3.63, 3.8) is 0 Å². The second-order valence-corrected chi connectivity index (χ2v) is 18.9. The Morgan fingerprint density at radius 3 is 0.891 bits per heavy atom. The quantitative estimate of drug-likeness (QED) is 0.0199. The maximum atomic E-state index is 12.8. The molecule has 0 fully saturated rings. The lowest BCUT2D eigenvalue weighted by Crippen LogP contribution is -2.30. The Hall–Kier alpha value is -2.37. The first-order valence-corrected chi connectivity index (χ1v) is 28.0. The fourth-order valence-corrected chi connectivity index (χ4v) is 8.14. The number of allylic oxidation sites excluding steroid dienone is 6. The lowest BCUT2D eigenvalue weighted by molar-refractivity contribution is -0.167. The van der Waals surface area contributed by atoms with Gasteiger partial charge in [0.05, 0.1) is 0 Å². The summed E-state index contributed by atoms with van der Waals surface area (Å²) in [5.41, 5.74) is 0. The molecule has 0 aromatic carbocycles. The minimum absolute atomic E-state index is 0.0809. The first-order valence-electron chi connectivity index (χ1n) is 28.0. The van der Waals surface area contributed by atoms with Crippen LogP contribution < -0.4 is 0 Å². The molecule has 0 amide bonds. The van der Waals surface area contributed by atoms with Crippen LogP contribution in [0.4, 0.5) is 0 Å². The summed E-state index contributed by atoms with van der Waals surface area (Å²) in [7, 11) is 0. The molecular formula is C58H106O6. The molecule has 64 heavy (non-hydrogen) atoms. The third-order valence-electron chi connectivity index (χ3n) is 12.4. The summed E-state index contributed by atoms with van der Waals surface area (Å²) in [4.78, 5) is 38.1. The first-order chi connectivity index (χ1) is 31.5. The van der Waals surface area contributed by atoms with Gasteiger partial charge in [-0.2, -0.15) is 0 Å². The van der Waals surface area contributed by atoms with Crippen LogP contribution in [0, 0.1) is 0 Å². The molecule has 0 radical (unpaired) electrons. The highest BCUT2D eigenvalue weighted by atomic mass is 16.6. The normalized spacial score (nSPS) is 12.2. The van der Waals surface area contributed by atoms with Crippen LogP contribution in [0.25, 0.3) is 0 Å². The minimum Gasteiger partial charge on any atom is -0.462 e. The topological polar surface area (TPSA) is 78.9 Å². The minimum atomic E-state index is -0.784. The summed E-state index contributed by atoms with van der Waals surface area (Å²) < 4.78 is 16.8. The molecule has 0 rings (SSSR count). The molecule has 0 heterocycles. The number of carbonyl (C=O) groups is 3. The number of carbonyl (C=O) groups excluding carboxylic acids is 3. The zero-order valence-corrected chi connectivity index (χ0v) is 42.8. The SMILES string of the molecule is CCCCCCCC/C=C\CCCCCCCCCC(=O)OCC(COC(=O)CCCCCCCCCCCCCCC)OC(=O)CCCCC/C=C\C=C/CCCCCCCCC. The highest BCUT2D eigenvalue weighted by Gasteiger charge is 2.19. The number of esters is 3. The van der Waals surface area contributed by atoms with Gasteiger partial charge in [0.1, 0.15) is 13.2 Å². The molecule has 6 heteroatoms. The van der Waals surface area contributed by atoms with Crippen LogP contribution in [-0.2, 0) is 28.6 Å². The fourth-order valence-electron chi connectivity index (χ4n) is 8.14. The van der Waals surface area contributed by atoms with E-state index < -0.39 is 6.10 Å².